The lowest BCUT2D eigenvalue weighted by atomic mass is 9.94. The summed E-state index contributed by atoms with van der Waals surface area (Å²) in [5.74, 6) is -1.09. The first kappa shape index (κ1) is 15.9. The minimum Gasteiger partial charge on any atom is -0.477 e. The molecule has 6 nitrogen and oxygen atoms in total. The Bertz CT molecular complexity index is 798. The molecule has 3 aliphatic heterocycles. The summed E-state index contributed by atoms with van der Waals surface area (Å²) in [6.45, 7) is 4.89. The van der Waals surface area contributed by atoms with Gasteiger partial charge in [-0.25, -0.2) is 9.78 Å². The third-order valence-corrected chi connectivity index (χ3v) is 6.95. The van der Waals surface area contributed by atoms with Gasteiger partial charge in [0.15, 0.2) is 4.34 Å². The third-order valence-electron chi connectivity index (χ3n) is 4.73. The Labute approximate surface area is 147 Å². The molecule has 126 valence electrons. The predicted octanol–water partition coefficient (Wildman–Crippen LogP) is 2.16. The molecule has 4 rings (SSSR count). The molecule has 3 aliphatic rings. The van der Waals surface area contributed by atoms with Crippen molar-refractivity contribution >= 4 is 40.5 Å². The topological polar surface area (TPSA) is 82.5 Å². The van der Waals surface area contributed by atoms with E-state index >= 15 is 0 Å². The van der Waals surface area contributed by atoms with Crippen LogP contribution >= 0.6 is 23.1 Å². The number of fused-ring (bicyclic) bond motifs is 1. The molecule has 4 heterocycles. The number of aliphatic carboxylic acids is 1. The predicted molar refractivity (Wildman–Crippen MR) is 92.5 cm³/mol. The van der Waals surface area contributed by atoms with Crippen molar-refractivity contribution in [1.82, 2.24) is 15.2 Å². The summed E-state index contributed by atoms with van der Waals surface area (Å²) in [6, 6.07) is 0.344. The number of nitrogens with one attached hydrogen (secondary N) is 1. The van der Waals surface area contributed by atoms with Gasteiger partial charge in [0.05, 0.1) is 11.7 Å². The second-order valence-electron chi connectivity index (χ2n) is 6.30. The molecule has 0 saturated carbocycles. The molecule has 0 aromatic carbocycles. The van der Waals surface area contributed by atoms with E-state index in [1.54, 1.807) is 0 Å². The van der Waals surface area contributed by atoms with E-state index in [2.05, 4.69) is 23.3 Å². The number of thioether (sulfide) groups is 1. The Balaban J connectivity index is 1.61. The van der Waals surface area contributed by atoms with Gasteiger partial charge < -0.3 is 15.3 Å². The summed E-state index contributed by atoms with van der Waals surface area (Å²) in [7, 11) is 0. The Hall–Kier alpha value is -1.64. The van der Waals surface area contributed by atoms with Gasteiger partial charge in [0.2, 0.25) is 5.91 Å². The normalized spacial score (nSPS) is 28.9. The maximum atomic E-state index is 11.8. The number of hydrogen-bond acceptors (Lipinski definition) is 6. The van der Waals surface area contributed by atoms with Gasteiger partial charge in [0.1, 0.15) is 5.70 Å². The van der Waals surface area contributed by atoms with Crippen LogP contribution in [0, 0.1) is 5.92 Å². The van der Waals surface area contributed by atoms with Crippen molar-refractivity contribution in [2.24, 2.45) is 5.92 Å². The number of thiazole rings is 1. The molecule has 0 bridgehead atoms. The first-order chi connectivity index (χ1) is 11.5. The molecule has 0 unspecified atom stereocenters. The number of amides is 1. The molecule has 8 heteroatoms. The summed E-state index contributed by atoms with van der Waals surface area (Å²) in [5.41, 5.74) is 2.26. The van der Waals surface area contributed by atoms with Crippen molar-refractivity contribution < 1.29 is 14.7 Å². The Morgan fingerprint density at radius 1 is 1.50 bits per heavy atom. The monoisotopic (exact) mass is 363 g/mol. The maximum absolute atomic E-state index is 11.8. The van der Waals surface area contributed by atoms with Crippen LogP contribution in [0.4, 0.5) is 0 Å². The minimum absolute atomic E-state index is 0.00637. The highest BCUT2D eigenvalue weighted by Crippen LogP contribution is 2.49. The van der Waals surface area contributed by atoms with Crippen LogP contribution < -0.4 is 5.32 Å². The van der Waals surface area contributed by atoms with Gasteiger partial charge >= 0.3 is 5.97 Å². The van der Waals surface area contributed by atoms with Crippen molar-refractivity contribution in [2.75, 3.05) is 6.54 Å². The van der Waals surface area contributed by atoms with Crippen molar-refractivity contribution in [3.05, 3.63) is 27.8 Å². The smallest absolute Gasteiger partial charge is 0.353 e. The molecule has 2 N–H and O–H groups in total. The average molecular weight is 363 g/mol. The lowest BCUT2D eigenvalue weighted by molar-refractivity contribution is -0.148. The molecule has 3 atom stereocenters. The van der Waals surface area contributed by atoms with Crippen molar-refractivity contribution in [2.45, 2.75) is 36.7 Å². The second-order valence-corrected chi connectivity index (χ2v) is 8.45. The Morgan fingerprint density at radius 3 is 2.92 bits per heavy atom. The number of carboxylic acid groups (broad SMARTS) is 1. The molecule has 1 aromatic rings. The van der Waals surface area contributed by atoms with Gasteiger partial charge in [0.25, 0.3) is 0 Å². The number of rotatable bonds is 4. The number of aromatic nitrogens is 1. The molecule has 1 aromatic heterocycles. The van der Waals surface area contributed by atoms with Gasteiger partial charge in [-0.2, -0.15) is 0 Å². The fourth-order valence-corrected chi connectivity index (χ4v) is 5.53. The highest BCUT2D eigenvalue weighted by molar-refractivity contribution is 8.04. The zero-order valence-electron chi connectivity index (χ0n) is 13.3. The van der Waals surface area contributed by atoms with Crippen molar-refractivity contribution in [1.29, 1.82) is 0 Å². The van der Waals surface area contributed by atoms with Crippen molar-refractivity contribution in [3.63, 3.8) is 0 Å². The minimum atomic E-state index is -1.03. The van der Waals surface area contributed by atoms with E-state index in [9.17, 15) is 14.7 Å². The zero-order valence-corrected chi connectivity index (χ0v) is 14.9. The largest absolute Gasteiger partial charge is 0.477 e. The number of carboxylic acids is 1. The molecule has 1 saturated heterocycles. The fourth-order valence-electron chi connectivity index (χ4n) is 3.40. The van der Waals surface area contributed by atoms with Crippen LogP contribution in [0.5, 0.6) is 0 Å². The standard InChI is InChI=1S/C16H17N3O3S2/c1-7-3-9(5-17-7)10-6-23-16(18-10)24-14-8(2)11-4-12(20)19(11)13(14)15(21)22/h3,6-8,11,17H,4-5H2,1-2H3,(H,21,22)/t7-,8-,11+/m1/s1. The molecular formula is C16H17N3O3S2. The van der Waals surface area contributed by atoms with Gasteiger partial charge in [-0.3, -0.25) is 4.79 Å². The van der Waals surface area contributed by atoms with E-state index in [1.807, 2.05) is 12.3 Å². The molecular weight excluding hydrogens is 346 g/mol. The summed E-state index contributed by atoms with van der Waals surface area (Å²) < 4.78 is 0.820. The van der Waals surface area contributed by atoms with E-state index < -0.39 is 5.97 Å². The summed E-state index contributed by atoms with van der Waals surface area (Å²) in [4.78, 5) is 30.2. The van der Waals surface area contributed by atoms with E-state index in [4.69, 9.17) is 0 Å². The average Bonchev–Trinajstić information content (AvgIpc) is 3.19. The summed E-state index contributed by atoms with van der Waals surface area (Å²) >= 11 is 2.91. The van der Waals surface area contributed by atoms with E-state index in [0.717, 1.165) is 21.5 Å². The second kappa shape index (κ2) is 5.72. The number of β-lactam (4-membered cyclic amide) rings is 1. The van der Waals surface area contributed by atoms with Gasteiger partial charge in [0, 0.05) is 35.2 Å². The van der Waals surface area contributed by atoms with Crippen LogP contribution in [-0.2, 0) is 9.59 Å². The molecule has 0 aliphatic carbocycles. The van der Waals surface area contributed by atoms with Crippen LogP contribution in [0.3, 0.4) is 0 Å². The van der Waals surface area contributed by atoms with Crippen LogP contribution in [0.25, 0.3) is 5.57 Å². The van der Waals surface area contributed by atoms with E-state index in [0.29, 0.717) is 12.5 Å². The summed E-state index contributed by atoms with van der Waals surface area (Å²) in [5, 5.41) is 14.9. The van der Waals surface area contributed by atoms with E-state index in [-0.39, 0.29) is 23.6 Å². The lowest BCUT2D eigenvalue weighted by Gasteiger charge is -2.37. The SMILES string of the molecule is C[C@@H]1C=C(c2csc(SC3=C(C(=O)O)N4C(=O)C[C@H]4[C@H]3C)n2)CN1. The van der Waals surface area contributed by atoms with Crippen LogP contribution in [0.2, 0.25) is 0 Å². The number of hydrogen-bond donors (Lipinski definition) is 2. The third kappa shape index (κ3) is 2.40. The van der Waals surface area contributed by atoms with Crippen molar-refractivity contribution in [3.8, 4) is 0 Å². The first-order valence-electron chi connectivity index (χ1n) is 7.83. The quantitative estimate of drug-likeness (QED) is 0.798. The highest BCUT2D eigenvalue weighted by atomic mass is 32.2. The van der Waals surface area contributed by atoms with Crippen LogP contribution in [-0.4, -0.2) is 45.5 Å². The Morgan fingerprint density at radius 2 is 2.29 bits per heavy atom. The molecule has 1 amide bonds. The van der Waals surface area contributed by atoms with E-state index in [1.165, 1.54) is 33.6 Å². The lowest BCUT2D eigenvalue weighted by Crippen LogP contribution is -2.51. The molecule has 1 fully saturated rings. The Kier molecular flexibility index (Phi) is 3.78. The number of nitrogens with zero attached hydrogens (tertiary/aromatic N) is 2. The van der Waals surface area contributed by atoms with Gasteiger partial charge in [-0.15, -0.1) is 11.3 Å². The fraction of sp³-hybridized carbons (Fsp3) is 0.438. The van der Waals surface area contributed by atoms with Gasteiger partial charge in [-0.1, -0.05) is 24.8 Å². The van der Waals surface area contributed by atoms with Gasteiger partial charge in [-0.05, 0) is 12.5 Å². The van der Waals surface area contributed by atoms with Crippen LogP contribution in [0.1, 0.15) is 26.0 Å². The molecule has 0 spiro atoms. The number of carbonyl (C=O) groups excluding carboxylic acids is 1. The highest BCUT2D eigenvalue weighted by Gasteiger charge is 2.52. The first-order valence-corrected chi connectivity index (χ1v) is 9.52. The zero-order chi connectivity index (χ0) is 17.0. The molecule has 24 heavy (non-hydrogen) atoms. The molecule has 0 radical (unpaired) electrons. The maximum Gasteiger partial charge on any atom is 0.353 e. The number of carbonyl (C=O) groups is 2. The summed E-state index contributed by atoms with van der Waals surface area (Å²) in [6.07, 6.45) is 2.59. The van der Waals surface area contributed by atoms with Crippen LogP contribution in [0.15, 0.2) is 26.4 Å².